The van der Waals surface area contributed by atoms with Gasteiger partial charge in [0.15, 0.2) is 44.4 Å². The molecule has 1 aliphatic rings. The van der Waals surface area contributed by atoms with Crippen molar-refractivity contribution in [3.05, 3.63) is 208 Å². The molecule has 9 rings (SSSR count). The summed E-state index contributed by atoms with van der Waals surface area (Å²) in [4.78, 5) is 0. The third-order valence-corrected chi connectivity index (χ3v) is 10.1. The fourth-order valence-electron chi connectivity index (χ4n) is 6.84. The molecule has 12 nitrogen and oxygen atoms in total. The van der Waals surface area contributed by atoms with Gasteiger partial charge in [0.05, 0.1) is 11.4 Å². The van der Waals surface area contributed by atoms with Gasteiger partial charge < -0.3 is 19.8 Å². The summed E-state index contributed by atoms with van der Waals surface area (Å²) in [6.07, 6.45) is 20.7. The molecule has 60 heavy (non-hydrogen) atoms. The second-order valence-electron chi connectivity index (χ2n) is 14.4. The predicted octanol–water partition coefficient (Wildman–Crippen LogP) is 9.45. The van der Waals surface area contributed by atoms with Crippen LogP contribution >= 0.6 is 0 Å². The van der Waals surface area contributed by atoms with Crippen molar-refractivity contribution in [1.29, 1.82) is 0 Å². The van der Waals surface area contributed by atoms with E-state index in [1.165, 1.54) is 5.01 Å². The van der Waals surface area contributed by atoms with E-state index in [1.807, 2.05) is 134 Å². The zero-order valence-electron chi connectivity index (χ0n) is 33.0. The third-order valence-electron chi connectivity index (χ3n) is 10.1. The third kappa shape index (κ3) is 9.76. The molecule has 1 unspecified atom stereocenters. The Labute approximate surface area is 349 Å². The van der Waals surface area contributed by atoms with Crippen LogP contribution in [0.1, 0.15) is 0 Å². The molecule has 0 aliphatic carbocycles. The zero-order valence-corrected chi connectivity index (χ0v) is 33.0. The largest absolute Gasteiger partial charge is 0.356 e. The van der Waals surface area contributed by atoms with Crippen LogP contribution in [0.3, 0.4) is 0 Å². The summed E-state index contributed by atoms with van der Waals surface area (Å²) in [5.74, 6) is 0. The number of pyridine rings is 2. The molecular formula is C48H45N12+3. The molecule has 0 spiro atoms. The van der Waals surface area contributed by atoms with Gasteiger partial charge in [0, 0.05) is 71.0 Å². The van der Waals surface area contributed by atoms with Crippen LogP contribution in [-0.2, 0) is 13.1 Å². The van der Waals surface area contributed by atoms with E-state index in [2.05, 4.69) is 128 Å². The molecule has 3 N–H and O–H groups in total. The molecule has 0 saturated carbocycles. The van der Waals surface area contributed by atoms with E-state index in [0.29, 0.717) is 0 Å². The molecule has 0 radical (unpaired) electrons. The number of nitrogens with one attached hydrogen (secondary N) is 3. The highest BCUT2D eigenvalue weighted by Crippen LogP contribution is 2.25. The van der Waals surface area contributed by atoms with E-state index in [4.69, 9.17) is 0 Å². The normalized spacial score (nSPS) is 13.5. The maximum absolute atomic E-state index is 4.52. The van der Waals surface area contributed by atoms with Gasteiger partial charge in [-0.2, -0.15) is 19.8 Å². The van der Waals surface area contributed by atoms with Gasteiger partial charge in [0.1, 0.15) is 30.3 Å². The van der Waals surface area contributed by atoms with Crippen LogP contribution in [0.4, 0.5) is 45.5 Å². The lowest BCUT2D eigenvalue weighted by Gasteiger charge is -2.31. The Balaban J connectivity index is 0.712. The molecule has 12 heteroatoms. The minimum atomic E-state index is 0.792. The van der Waals surface area contributed by atoms with Gasteiger partial charge in [-0.25, -0.2) is 9.58 Å². The van der Waals surface area contributed by atoms with E-state index in [1.54, 1.807) is 0 Å². The number of hydrogen-bond donors (Lipinski definition) is 3. The van der Waals surface area contributed by atoms with Gasteiger partial charge in [-0.15, -0.1) is 10.2 Å². The van der Waals surface area contributed by atoms with E-state index in [-0.39, 0.29) is 0 Å². The topological polar surface area (TPSA) is 98.8 Å². The maximum Gasteiger partial charge on any atom is 0.199 e. The maximum atomic E-state index is 4.52. The Morgan fingerprint density at radius 2 is 0.867 bits per heavy atom. The molecule has 0 amide bonds. The van der Waals surface area contributed by atoms with Crippen molar-refractivity contribution >= 4 is 45.5 Å². The smallest absolute Gasteiger partial charge is 0.199 e. The van der Waals surface area contributed by atoms with Crippen LogP contribution in [0.5, 0.6) is 0 Å². The predicted molar refractivity (Wildman–Crippen MR) is 234 cm³/mol. The van der Waals surface area contributed by atoms with Gasteiger partial charge in [-0.1, -0.05) is 0 Å². The number of quaternary nitrogens is 1. The average Bonchev–Trinajstić information content (AvgIpc) is 4.03. The number of hydrogen-bond acceptors (Lipinski definition) is 7. The van der Waals surface area contributed by atoms with Crippen molar-refractivity contribution in [2.75, 3.05) is 23.7 Å². The van der Waals surface area contributed by atoms with Gasteiger partial charge in [0.25, 0.3) is 0 Å². The SMILES string of the molecule is C1=C[NH+](CC[n+]2cccc(N=Nc3ccc(Nc4ccc(-n5cccc5)cc4)cc3)c2)N1CC[n+]1cccc(N=Nc2ccc(Nc3ccc(-n4cccc4)cc3)cc2)c1. The molecular weight excluding hydrogens is 745 g/mol. The summed E-state index contributed by atoms with van der Waals surface area (Å²) in [5.41, 5.74) is 9.47. The van der Waals surface area contributed by atoms with Crippen molar-refractivity contribution in [2.24, 2.45) is 20.5 Å². The first kappa shape index (κ1) is 37.6. The zero-order chi connectivity index (χ0) is 40.4. The lowest BCUT2D eigenvalue weighted by Crippen LogP contribution is -3.18. The van der Waals surface area contributed by atoms with Crippen LogP contribution in [-0.4, -0.2) is 27.2 Å². The van der Waals surface area contributed by atoms with Crippen LogP contribution in [0.2, 0.25) is 0 Å². The standard InChI is InChI=1S/C48H44N12/c1-2-28-57(27-1)47-21-17-41(18-22-47)49-39-9-13-43(14-10-39)51-53-45-7-5-25-55(37-45)31-33-59-35-36-60(59)34-32-56-26-6-8-46(38-56)54-52-44-15-11-40(12-16-44)50-42-19-23-48(24-20-42)58-29-3-4-30-58/h1-30,35-38,49-50H,31-34H2/q+2/p+1. The summed E-state index contributed by atoms with van der Waals surface area (Å²) in [7, 11) is 0. The number of azo groups is 2. The molecule has 1 aliphatic heterocycles. The molecule has 0 bridgehead atoms. The molecule has 8 aromatic rings. The van der Waals surface area contributed by atoms with Gasteiger partial charge in [0.2, 0.25) is 0 Å². The first-order valence-corrected chi connectivity index (χ1v) is 20.0. The minimum Gasteiger partial charge on any atom is -0.356 e. The van der Waals surface area contributed by atoms with Crippen molar-refractivity contribution in [3.8, 4) is 11.4 Å². The molecule has 294 valence electrons. The Morgan fingerprint density at radius 3 is 1.30 bits per heavy atom. The van der Waals surface area contributed by atoms with Crippen molar-refractivity contribution < 1.29 is 14.1 Å². The van der Waals surface area contributed by atoms with E-state index >= 15 is 0 Å². The number of anilines is 4. The van der Waals surface area contributed by atoms with Crippen molar-refractivity contribution in [2.45, 2.75) is 13.1 Å². The van der Waals surface area contributed by atoms with Gasteiger partial charge in [-0.3, -0.25) is 0 Å². The van der Waals surface area contributed by atoms with Crippen molar-refractivity contribution in [1.82, 2.24) is 14.1 Å². The van der Waals surface area contributed by atoms with Crippen LogP contribution in [0.25, 0.3) is 11.4 Å². The van der Waals surface area contributed by atoms with Crippen LogP contribution in [0.15, 0.2) is 228 Å². The van der Waals surface area contributed by atoms with Gasteiger partial charge >= 0.3 is 0 Å². The van der Waals surface area contributed by atoms with Crippen molar-refractivity contribution in [3.63, 3.8) is 0 Å². The first-order valence-electron chi connectivity index (χ1n) is 20.0. The lowest BCUT2D eigenvalue weighted by molar-refractivity contribution is -0.999. The highest BCUT2D eigenvalue weighted by Gasteiger charge is 2.25. The monoisotopic (exact) mass is 789 g/mol. The Hall–Kier alpha value is -7.96. The molecule has 5 heterocycles. The van der Waals surface area contributed by atoms with E-state index in [0.717, 1.165) is 83.1 Å². The summed E-state index contributed by atoms with van der Waals surface area (Å²) in [5, 5.41) is 28.5. The lowest BCUT2D eigenvalue weighted by atomic mass is 10.2. The molecule has 0 fully saturated rings. The second kappa shape index (κ2) is 18.1. The Bertz CT molecular complexity index is 2500. The first-order chi connectivity index (χ1) is 29.6. The Morgan fingerprint density at radius 1 is 0.450 bits per heavy atom. The Kier molecular flexibility index (Phi) is 11.3. The molecule has 4 aromatic carbocycles. The second-order valence-corrected chi connectivity index (χ2v) is 14.4. The summed E-state index contributed by atoms with van der Waals surface area (Å²) in [6, 6.07) is 48.7. The quantitative estimate of drug-likeness (QED) is 0.0672. The fourth-order valence-corrected chi connectivity index (χ4v) is 6.84. The minimum absolute atomic E-state index is 0.792. The molecule has 1 atom stereocenters. The summed E-state index contributed by atoms with van der Waals surface area (Å²) < 4.78 is 8.49. The van der Waals surface area contributed by atoms with E-state index < -0.39 is 0 Å². The average molecular weight is 790 g/mol. The highest BCUT2D eigenvalue weighted by molar-refractivity contribution is 5.64. The number of benzene rings is 4. The van der Waals surface area contributed by atoms with Crippen LogP contribution in [0, 0.1) is 0 Å². The van der Waals surface area contributed by atoms with Gasteiger partial charge in [-0.05, 0) is 133 Å². The number of nitrogens with zero attached hydrogens (tertiary/aromatic N) is 9. The molecule has 4 aromatic heterocycles. The van der Waals surface area contributed by atoms with Crippen LogP contribution < -0.4 is 24.8 Å². The van der Waals surface area contributed by atoms with E-state index in [9.17, 15) is 0 Å². The molecule has 0 saturated heterocycles. The summed E-state index contributed by atoms with van der Waals surface area (Å²) in [6.45, 7) is 3.45. The summed E-state index contributed by atoms with van der Waals surface area (Å²) >= 11 is 0. The fraction of sp³-hybridized carbons (Fsp3) is 0.0833. The number of rotatable bonds is 16. The highest BCUT2D eigenvalue weighted by atomic mass is 15.7. The number of aromatic nitrogens is 4.